The Bertz CT molecular complexity index is 1450. The summed E-state index contributed by atoms with van der Waals surface area (Å²) in [4.78, 5) is 0. The third-order valence-electron chi connectivity index (χ3n) is 10.6. The Morgan fingerprint density at radius 1 is 0.612 bits per heavy atom. The van der Waals surface area contributed by atoms with Crippen molar-refractivity contribution in [3.05, 3.63) is 113 Å². The molecule has 2 aliphatic heterocycles. The molecule has 7 rings (SSSR count). The van der Waals surface area contributed by atoms with Gasteiger partial charge in [-0.15, -0.1) is 0 Å². The molecule has 0 aromatic heterocycles. The molecule has 49 heavy (non-hydrogen) atoms. The second-order valence-corrected chi connectivity index (χ2v) is 22.3. The third kappa shape index (κ3) is 7.56. The molecule has 2 fully saturated rings. The van der Waals surface area contributed by atoms with Crippen molar-refractivity contribution in [3.63, 3.8) is 0 Å². The van der Waals surface area contributed by atoms with E-state index in [1.165, 1.54) is 38.2 Å². The Morgan fingerprint density at radius 2 is 0.959 bits per heavy atom. The molecule has 0 radical (unpaired) electrons. The van der Waals surface area contributed by atoms with Gasteiger partial charge in [-0.2, -0.15) is 0 Å². The molecule has 268 valence electrons. The molecule has 2 aliphatic carbocycles. The van der Waals surface area contributed by atoms with Crippen LogP contribution in [0, 0.1) is 0 Å². The SMILES string of the molecule is C.CC1=C(CCCO)C2(CC1)OCCO2.CC1=C(CCCP(Br)(c2ccccc2)(c2ccccc2)c2ccccc2)C2(CC1)OCCO2.O. The van der Waals surface area contributed by atoms with Crippen LogP contribution in [0.2, 0.25) is 0 Å². The van der Waals surface area contributed by atoms with Gasteiger partial charge in [-0.3, -0.25) is 0 Å². The van der Waals surface area contributed by atoms with Crippen LogP contribution in [0.3, 0.4) is 0 Å². The molecule has 2 spiro atoms. The van der Waals surface area contributed by atoms with Crippen molar-refractivity contribution in [1.29, 1.82) is 0 Å². The fourth-order valence-electron chi connectivity index (χ4n) is 8.17. The van der Waals surface area contributed by atoms with Crippen LogP contribution in [-0.4, -0.2) is 61.4 Å². The van der Waals surface area contributed by atoms with Crippen molar-refractivity contribution in [2.45, 2.75) is 84.2 Å². The minimum Gasteiger partial charge on any atom is -0.412 e. The molecule has 8 heteroatoms. The topological polar surface area (TPSA) is 88.7 Å². The van der Waals surface area contributed by atoms with Crippen LogP contribution < -0.4 is 15.9 Å². The molecule has 3 aromatic carbocycles. The first-order valence-corrected chi connectivity index (χ1v) is 21.7. The first kappa shape index (κ1) is 39.6. The number of rotatable bonds is 10. The van der Waals surface area contributed by atoms with E-state index >= 15 is 0 Å². The van der Waals surface area contributed by atoms with E-state index in [1.807, 2.05) is 0 Å². The summed E-state index contributed by atoms with van der Waals surface area (Å²) in [6.45, 7) is 7.46. The van der Waals surface area contributed by atoms with E-state index in [2.05, 4.69) is 120 Å². The Kier molecular flexibility index (Phi) is 13.6. The zero-order valence-electron chi connectivity index (χ0n) is 28.5. The summed E-state index contributed by atoms with van der Waals surface area (Å²) in [6, 6.07) is 33.2. The van der Waals surface area contributed by atoms with Gasteiger partial charge in [0.1, 0.15) is 0 Å². The second kappa shape index (κ2) is 16.9. The largest absolute Gasteiger partial charge is 0.412 e. The second-order valence-electron chi connectivity index (χ2n) is 13.3. The van der Waals surface area contributed by atoms with E-state index in [-0.39, 0.29) is 19.5 Å². The van der Waals surface area contributed by atoms with Gasteiger partial charge in [-0.1, -0.05) is 13.0 Å². The summed E-state index contributed by atoms with van der Waals surface area (Å²) in [5.41, 5.74) is 5.50. The Hall–Kier alpha value is -2.19. The van der Waals surface area contributed by atoms with Gasteiger partial charge in [0.2, 0.25) is 0 Å². The molecule has 3 aromatic rings. The van der Waals surface area contributed by atoms with Gasteiger partial charge in [-0.05, 0) is 31.8 Å². The Morgan fingerprint density at radius 3 is 1.31 bits per heavy atom. The average molecular weight is 756 g/mol. The molecule has 0 bridgehead atoms. The number of halogens is 1. The number of ether oxygens (including phenoxy) is 4. The Labute approximate surface area is 301 Å². The fraction of sp³-hybridized carbons (Fsp3) is 0.463. The number of allylic oxidation sites excluding steroid dienone is 2. The maximum atomic E-state index is 8.84. The van der Waals surface area contributed by atoms with E-state index < -0.39 is 16.9 Å². The molecule has 2 saturated heterocycles. The smallest absolute Gasteiger partial charge is 0.412 e. The first-order chi connectivity index (χ1) is 22.8. The van der Waals surface area contributed by atoms with Gasteiger partial charge in [-0.25, -0.2) is 0 Å². The third-order valence-corrected chi connectivity index (χ3v) is 20.6. The van der Waals surface area contributed by atoms with Crippen molar-refractivity contribution >= 4 is 36.7 Å². The first-order valence-electron chi connectivity index (χ1n) is 17.3. The van der Waals surface area contributed by atoms with Gasteiger partial charge in [0, 0.05) is 13.0 Å². The van der Waals surface area contributed by atoms with Crippen LogP contribution >= 0.6 is 20.8 Å². The Balaban J connectivity index is 0.000000285. The summed E-state index contributed by atoms with van der Waals surface area (Å²) < 4.78 is 23.8. The van der Waals surface area contributed by atoms with Crippen LogP contribution in [0.25, 0.3) is 0 Å². The molecule has 0 unspecified atom stereocenters. The molecule has 0 atom stereocenters. The summed E-state index contributed by atoms with van der Waals surface area (Å²) in [7, 11) is 0. The number of aliphatic hydroxyl groups is 1. The number of hydrogen-bond donors (Lipinski definition) is 1. The predicted octanol–water partition coefficient (Wildman–Crippen LogP) is 7.88. The van der Waals surface area contributed by atoms with Gasteiger partial charge in [0.25, 0.3) is 0 Å². The molecular weight excluding hydrogens is 699 g/mol. The van der Waals surface area contributed by atoms with Crippen LogP contribution in [0.4, 0.5) is 0 Å². The summed E-state index contributed by atoms with van der Waals surface area (Å²) in [5.74, 6) is -0.863. The van der Waals surface area contributed by atoms with E-state index in [4.69, 9.17) is 24.1 Å². The normalized spacial score (nSPS) is 20.0. The van der Waals surface area contributed by atoms with Crippen molar-refractivity contribution in [2.24, 2.45) is 0 Å². The molecule has 0 amide bonds. The van der Waals surface area contributed by atoms with E-state index in [0.717, 1.165) is 57.5 Å². The van der Waals surface area contributed by atoms with Crippen molar-refractivity contribution < 1.29 is 29.5 Å². The van der Waals surface area contributed by atoms with Crippen LogP contribution in [0.5, 0.6) is 0 Å². The van der Waals surface area contributed by atoms with E-state index in [0.29, 0.717) is 26.4 Å². The van der Waals surface area contributed by atoms with Crippen molar-refractivity contribution in [1.82, 2.24) is 0 Å². The van der Waals surface area contributed by atoms with Crippen molar-refractivity contribution in [2.75, 3.05) is 39.2 Å². The van der Waals surface area contributed by atoms with Crippen LogP contribution in [-0.2, 0) is 18.9 Å². The average Bonchev–Trinajstić information content (AvgIpc) is 3.92. The number of hydrogen-bond acceptors (Lipinski definition) is 5. The molecule has 4 aliphatic rings. The van der Waals surface area contributed by atoms with Gasteiger partial charge >= 0.3 is 206 Å². The molecule has 0 saturated carbocycles. The fourth-order valence-corrected chi connectivity index (χ4v) is 15.9. The summed E-state index contributed by atoms with van der Waals surface area (Å²) in [5, 5.41) is 10.1. The zero-order valence-corrected chi connectivity index (χ0v) is 30.9. The molecule has 3 N–H and O–H groups in total. The molecular formula is C41H56BrO6P. The summed E-state index contributed by atoms with van der Waals surface area (Å²) >= 11 is 4.57. The van der Waals surface area contributed by atoms with Crippen LogP contribution in [0.1, 0.15) is 72.6 Å². The minimum atomic E-state index is -2.88. The molecule has 2 heterocycles. The standard InChI is InChI=1S/C29H32BrO2P.C11H18O3.CH4.H2O/c1-24-19-20-29(31-21-22-32-29)28(24)18-11-23-33(30,25-12-5-2-6-13-25,26-14-7-3-8-15-26)27-16-9-4-10-17-27;1-9-4-5-11(13-7-8-14-11)10(9)3-2-6-12;;/h2-10,12-17H,11,18-23H2,1H3;12H,2-8H2,1H3;1H4;1H2. The van der Waals surface area contributed by atoms with Gasteiger partial charge in [0.15, 0.2) is 5.79 Å². The minimum absolute atomic E-state index is 0. The quantitative estimate of drug-likeness (QED) is 0.168. The van der Waals surface area contributed by atoms with Gasteiger partial charge < -0.3 is 20.1 Å². The van der Waals surface area contributed by atoms with Gasteiger partial charge in [0.05, 0.1) is 13.2 Å². The maximum absolute atomic E-state index is 8.84. The van der Waals surface area contributed by atoms with Crippen LogP contribution in [0.15, 0.2) is 113 Å². The monoisotopic (exact) mass is 754 g/mol. The van der Waals surface area contributed by atoms with Crippen molar-refractivity contribution in [3.8, 4) is 0 Å². The number of aliphatic hydroxyl groups excluding tert-OH is 1. The molecule has 6 nitrogen and oxygen atoms in total. The number of benzene rings is 3. The van der Waals surface area contributed by atoms with E-state index in [1.54, 1.807) is 0 Å². The zero-order chi connectivity index (χ0) is 32.8. The summed E-state index contributed by atoms with van der Waals surface area (Å²) in [6.07, 6.45) is 8.87. The van der Waals surface area contributed by atoms with E-state index in [9.17, 15) is 0 Å². The predicted molar refractivity (Wildman–Crippen MR) is 208 cm³/mol. The maximum Gasteiger partial charge on any atom is -0.412 e.